The van der Waals surface area contributed by atoms with Crippen molar-refractivity contribution >= 4 is 5.91 Å². The number of carbonyl (C=O) groups excluding carboxylic acids is 1. The van der Waals surface area contributed by atoms with Gasteiger partial charge in [-0.2, -0.15) is 0 Å². The zero-order valence-corrected chi connectivity index (χ0v) is 10.4. The Labute approximate surface area is 102 Å². The average Bonchev–Trinajstić information content (AvgIpc) is 2.72. The quantitative estimate of drug-likeness (QED) is 0.835. The fraction of sp³-hybridized carbons (Fsp3) is 0.538. The van der Waals surface area contributed by atoms with Gasteiger partial charge in [0.05, 0.1) is 0 Å². The summed E-state index contributed by atoms with van der Waals surface area (Å²) in [6, 6.07) is 5.53. The summed E-state index contributed by atoms with van der Waals surface area (Å²) in [5.74, 6) is 0.0193. The predicted molar refractivity (Wildman–Crippen MR) is 66.7 cm³/mol. The molecule has 4 nitrogen and oxygen atoms in total. The van der Waals surface area contributed by atoms with E-state index in [0.29, 0.717) is 12.2 Å². The van der Waals surface area contributed by atoms with E-state index in [0.717, 1.165) is 25.2 Å². The molecule has 1 saturated heterocycles. The number of aromatic nitrogens is 1. The lowest BCUT2D eigenvalue weighted by Gasteiger charge is -2.22. The van der Waals surface area contributed by atoms with E-state index in [1.165, 1.54) is 0 Å². The van der Waals surface area contributed by atoms with Crippen LogP contribution in [0, 0.1) is 12.3 Å². The van der Waals surface area contributed by atoms with Gasteiger partial charge in [0.25, 0.3) is 5.91 Å². The maximum Gasteiger partial charge on any atom is 0.272 e. The molecule has 1 unspecified atom stereocenters. The normalized spacial score (nSPS) is 24.1. The molecular weight excluding hydrogens is 214 g/mol. The van der Waals surface area contributed by atoms with Crippen molar-refractivity contribution in [1.29, 1.82) is 0 Å². The van der Waals surface area contributed by atoms with E-state index >= 15 is 0 Å². The average molecular weight is 233 g/mol. The zero-order chi connectivity index (χ0) is 12.5. The molecule has 1 aliphatic heterocycles. The minimum atomic E-state index is 0.0193. The van der Waals surface area contributed by atoms with Crippen LogP contribution in [0.15, 0.2) is 18.2 Å². The van der Waals surface area contributed by atoms with Crippen LogP contribution in [0.4, 0.5) is 0 Å². The summed E-state index contributed by atoms with van der Waals surface area (Å²) >= 11 is 0. The molecule has 92 valence electrons. The van der Waals surface area contributed by atoms with Crippen molar-refractivity contribution in [3.63, 3.8) is 0 Å². The summed E-state index contributed by atoms with van der Waals surface area (Å²) in [6.45, 7) is 6.16. The van der Waals surface area contributed by atoms with E-state index in [4.69, 9.17) is 5.73 Å². The standard InChI is InChI=1S/C13H19N3O/c1-10-4-3-5-11(15-10)12(17)16-7-6-13(2,8-14)9-16/h3-5H,6-9,14H2,1-2H3. The molecule has 2 rings (SSSR count). The molecule has 0 bridgehead atoms. The van der Waals surface area contributed by atoms with Gasteiger partial charge in [0.1, 0.15) is 5.69 Å². The van der Waals surface area contributed by atoms with Crippen molar-refractivity contribution < 1.29 is 4.79 Å². The highest BCUT2D eigenvalue weighted by Crippen LogP contribution is 2.29. The maximum atomic E-state index is 12.2. The Bertz CT molecular complexity index is 432. The topological polar surface area (TPSA) is 59.2 Å². The van der Waals surface area contributed by atoms with Crippen LogP contribution in [-0.4, -0.2) is 35.4 Å². The van der Waals surface area contributed by atoms with Crippen LogP contribution in [0.5, 0.6) is 0 Å². The number of nitrogens with zero attached hydrogens (tertiary/aromatic N) is 2. The zero-order valence-electron chi connectivity index (χ0n) is 10.4. The molecule has 1 atom stereocenters. The Morgan fingerprint density at radius 1 is 1.59 bits per heavy atom. The molecule has 1 aliphatic rings. The minimum absolute atomic E-state index is 0.0193. The van der Waals surface area contributed by atoms with Crippen LogP contribution in [0.3, 0.4) is 0 Å². The lowest BCUT2D eigenvalue weighted by Crippen LogP contribution is -2.34. The van der Waals surface area contributed by atoms with Crippen LogP contribution < -0.4 is 5.73 Å². The Kier molecular flexibility index (Phi) is 3.15. The molecule has 0 spiro atoms. The fourth-order valence-corrected chi connectivity index (χ4v) is 2.19. The highest BCUT2D eigenvalue weighted by atomic mass is 16.2. The van der Waals surface area contributed by atoms with Crippen molar-refractivity contribution in [1.82, 2.24) is 9.88 Å². The SMILES string of the molecule is Cc1cccc(C(=O)N2CCC(C)(CN)C2)n1. The lowest BCUT2D eigenvalue weighted by molar-refractivity contribution is 0.0771. The van der Waals surface area contributed by atoms with E-state index < -0.39 is 0 Å². The first-order valence-electron chi connectivity index (χ1n) is 5.97. The van der Waals surface area contributed by atoms with Crippen molar-refractivity contribution in [2.24, 2.45) is 11.1 Å². The number of amides is 1. The van der Waals surface area contributed by atoms with E-state index in [1.807, 2.05) is 24.0 Å². The van der Waals surface area contributed by atoms with Gasteiger partial charge in [-0.25, -0.2) is 4.98 Å². The summed E-state index contributed by atoms with van der Waals surface area (Å²) in [4.78, 5) is 18.4. The minimum Gasteiger partial charge on any atom is -0.337 e. The summed E-state index contributed by atoms with van der Waals surface area (Å²) in [5.41, 5.74) is 7.21. The van der Waals surface area contributed by atoms with Crippen molar-refractivity contribution in [3.8, 4) is 0 Å². The van der Waals surface area contributed by atoms with Crippen LogP contribution in [-0.2, 0) is 0 Å². The van der Waals surface area contributed by atoms with Crippen LogP contribution in [0.1, 0.15) is 29.5 Å². The molecule has 2 N–H and O–H groups in total. The van der Waals surface area contributed by atoms with E-state index in [9.17, 15) is 4.79 Å². The van der Waals surface area contributed by atoms with Crippen molar-refractivity contribution in [3.05, 3.63) is 29.6 Å². The molecule has 4 heteroatoms. The third kappa shape index (κ3) is 2.47. The maximum absolute atomic E-state index is 12.2. The third-order valence-electron chi connectivity index (χ3n) is 3.45. The molecular formula is C13H19N3O. The number of rotatable bonds is 2. The van der Waals surface area contributed by atoms with Gasteiger partial charge >= 0.3 is 0 Å². The Morgan fingerprint density at radius 2 is 2.35 bits per heavy atom. The number of aryl methyl sites for hydroxylation is 1. The van der Waals surface area contributed by atoms with E-state index in [2.05, 4.69) is 11.9 Å². The van der Waals surface area contributed by atoms with Gasteiger partial charge in [0.2, 0.25) is 0 Å². The Balaban J connectivity index is 2.12. The van der Waals surface area contributed by atoms with Gasteiger partial charge in [-0.15, -0.1) is 0 Å². The van der Waals surface area contributed by atoms with Gasteiger partial charge in [0, 0.05) is 18.8 Å². The number of carbonyl (C=O) groups is 1. The molecule has 1 amide bonds. The van der Waals surface area contributed by atoms with E-state index in [-0.39, 0.29) is 11.3 Å². The first-order chi connectivity index (χ1) is 8.04. The summed E-state index contributed by atoms with van der Waals surface area (Å²) in [5, 5.41) is 0. The summed E-state index contributed by atoms with van der Waals surface area (Å²) in [7, 11) is 0. The predicted octanol–water partition coefficient (Wildman–Crippen LogP) is 1.20. The highest BCUT2D eigenvalue weighted by Gasteiger charge is 2.35. The van der Waals surface area contributed by atoms with Gasteiger partial charge in [-0.05, 0) is 37.4 Å². The first kappa shape index (κ1) is 12.0. The molecule has 0 saturated carbocycles. The fourth-order valence-electron chi connectivity index (χ4n) is 2.19. The monoisotopic (exact) mass is 233 g/mol. The Morgan fingerprint density at radius 3 is 2.94 bits per heavy atom. The number of hydrogen-bond donors (Lipinski definition) is 1. The molecule has 0 aliphatic carbocycles. The molecule has 0 aromatic carbocycles. The molecule has 1 aromatic rings. The summed E-state index contributed by atoms with van der Waals surface area (Å²) < 4.78 is 0. The largest absolute Gasteiger partial charge is 0.337 e. The second-order valence-electron chi connectivity index (χ2n) is 5.16. The van der Waals surface area contributed by atoms with Crippen LogP contribution >= 0.6 is 0 Å². The molecule has 17 heavy (non-hydrogen) atoms. The molecule has 0 radical (unpaired) electrons. The first-order valence-corrected chi connectivity index (χ1v) is 5.97. The number of pyridine rings is 1. The number of hydrogen-bond acceptors (Lipinski definition) is 3. The van der Waals surface area contributed by atoms with E-state index in [1.54, 1.807) is 6.07 Å². The van der Waals surface area contributed by atoms with Gasteiger partial charge in [-0.3, -0.25) is 4.79 Å². The molecule has 1 fully saturated rings. The number of likely N-dealkylation sites (tertiary alicyclic amines) is 1. The second kappa shape index (κ2) is 4.45. The third-order valence-corrected chi connectivity index (χ3v) is 3.45. The second-order valence-corrected chi connectivity index (χ2v) is 5.16. The van der Waals surface area contributed by atoms with Gasteiger partial charge in [-0.1, -0.05) is 13.0 Å². The van der Waals surface area contributed by atoms with Crippen molar-refractivity contribution in [2.45, 2.75) is 20.3 Å². The van der Waals surface area contributed by atoms with Gasteiger partial charge in [0.15, 0.2) is 0 Å². The number of nitrogens with two attached hydrogens (primary N) is 1. The molecule has 2 heterocycles. The van der Waals surface area contributed by atoms with Crippen LogP contribution in [0.25, 0.3) is 0 Å². The highest BCUT2D eigenvalue weighted by molar-refractivity contribution is 5.92. The smallest absolute Gasteiger partial charge is 0.272 e. The van der Waals surface area contributed by atoms with Crippen molar-refractivity contribution in [2.75, 3.05) is 19.6 Å². The van der Waals surface area contributed by atoms with Crippen LogP contribution in [0.2, 0.25) is 0 Å². The Hall–Kier alpha value is -1.42. The van der Waals surface area contributed by atoms with Gasteiger partial charge < -0.3 is 10.6 Å². The molecule has 1 aromatic heterocycles. The lowest BCUT2D eigenvalue weighted by atomic mass is 9.90. The summed E-state index contributed by atoms with van der Waals surface area (Å²) in [6.07, 6.45) is 0.973.